The third kappa shape index (κ3) is 2.67. The van der Waals surface area contributed by atoms with Gasteiger partial charge in [0.1, 0.15) is 0 Å². The third-order valence-corrected chi connectivity index (χ3v) is 5.23. The van der Waals surface area contributed by atoms with Crippen molar-refractivity contribution in [1.29, 1.82) is 0 Å². The maximum atomic E-state index is 12.6. The van der Waals surface area contributed by atoms with Gasteiger partial charge in [0, 0.05) is 18.7 Å². The van der Waals surface area contributed by atoms with Crippen molar-refractivity contribution in [3.63, 3.8) is 0 Å². The van der Waals surface area contributed by atoms with Crippen molar-refractivity contribution < 1.29 is 18.1 Å². The average Bonchev–Trinajstić information content (AvgIpc) is 2.41. The van der Waals surface area contributed by atoms with Crippen molar-refractivity contribution in [2.45, 2.75) is 30.9 Å². The maximum Gasteiger partial charge on any atom is 0.289 e. The van der Waals surface area contributed by atoms with E-state index in [9.17, 15) is 18.5 Å². The molecule has 1 aliphatic rings. The number of para-hydroxylation sites is 1. The summed E-state index contributed by atoms with van der Waals surface area (Å²) in [6, 6.07) is 5.04. The van der Waals surface area contributed by atoms with Crippen molar-refractivity contribution in [1.82, 2.24) is 4.31 Å². The Kier molecular flexibility index (Phi) is 4.07. The van der Waals surface area contributed by atoms with Crippen LogP contribution in [0.2, 0.25) is 0 Å². The zero-order valence-corrected chi connectivity index (χ0v) is 12.0. The number of hydrogen-bond donors (Lipinski definition) is 0. The predicted octanol–water partition coefficient (Wildman–Crippen LogP) is 1.39. The lowest BCUT2D eigenvalue weighted by atomic mass is 10.2. The molecule has 2 atom stereocenters. The quantitative estimate of drug-likeness (QED) is 0.621. The van der Waals surface area contributed by atoms with E-state index in [0.717, 1.165) is 0 Å². The van der Waals surface area contributed by atoms with Crippen molar-refractivity contribution in [2.24, 2.45) is 0 Å². The normalized spacial score (nSPS) is 24.5. The lowest BCUT2D eigenvalue weighted by Gasteiger charge is -2.35. The maximum absolute atomic E-state index is 12.6. The highest BCUT2D eigenvalue weighted by Crippen LogP contribution is 2.29. The molecule has 0 saturated carbocycles. The molecule has 1 fully saturated rings. The van der Waals surface area contributed by atoms with Gasteiger partial charge in [-0.05, 0) is 19.9 Å². The predicted molar refractivity (Wildman–Crippen MR) is 71.9 cm³/mol. The number of nitro benzene ring substituents is 1. The standard InChI is InChI=1S/C12H16N2O5S/c1-9-8-19-10(2)7-13(9)20(17,18)12-6-4-3-5-11(12)14(15)16/h3-6,9-10H,7-8H2,1-2H3/t9-,10+/m1/s1. The molecule has 0 amide bonds. The molecule has 1 aromatic rings. The van der Waals surface area contributed by atoms with Gasteiger partial charge >= 0.3 is 0 Å². The Hall–Kier alpha value is -1.51. The lowest BCUT2D eigenvalue weighted by Crippen LogP contribution is -2.50. The fourth-order valence-electron chi connectivity index (χ4n) is 2.16. The minimum atomic E-state index is -3.91. The minimum absolute atomic E-state index is 0.190. The Morgan fingerprint density at radius 2 is 2.00 bits per heavy atom. The van der Waals surface area contributed by atoms with Crippen molar-refractivity contribution in [2.75, 3.05) is 13.2 Å². The highest BCUT2D eigenvalue weighted by atomic mass is 32.2. The summed E-state index contributed by atoms with van der Waals surface area (Å²) < 4.78 is 31.9. The summed E-state index contributed by atoms with van der Waals surface area (Å²) in [4.78, 5) is 10.0. The summed E-state index contributed by atoms with van der Waals surface area (Å²) >= 11 is 0. The molecule has 110 valence electrons. The van der Waals surface area contributed by atoms with Crippen LogP contribution in [0.3, 0.4) is 0 Å². The minimum Gasteiger partial charge on any atom is -0.375 e. The van der Waals surface area contributed by atoms with Gasteiger partial charge in [-0.1, -0.05) is 12.1 Å². The fourth-order valence-corrected chi connectivity index (χ4v) is 4.01. The molecule has 20 heavy (non-hydrogen) atoms. The molecule has 0 aromatic heterocycles. The first kappa shape index (κ1) is 14.9. The lowest BCUT2D eigenvalue weighted by molar-refractivity contribution is -0.387. The second-order valence-corrected chi connectivity index (χ2v) is 6.65. The van der Waals surface area contributed by atoms with Gasteiger partial charge in [-0.2, -0.15) is 4.31 Å². The second kappa shape index (κ2) is 5.47. The summed E-state index contributed by atoms with van der Waals surface area (Å²) in [5, 5.41) is 11.0. The molecule has 0 bridgehead atoms. The zero-order chi connectivity index (χ0) is 14.9. The number of hydrogen-bond acceptors (Lipinski definition) is 5. The van der Waals surface area contributed by atoms with E-state index >= 15 is 0 Å². The van der Waals surface area contributed by atoms with Gasteiger partial charge in [0.05, 0.1) is 17.6 Å². The Morgan fingerprint density at radius 3 is 2.65 bits per heavy atom. The molecule has 0 aliphatic carbocycles. The molecule has 1 heterocycles. The molecule has 0 N–H and O–H groups in total. The second-order valence-electron chi connectivity index (χ2n) is 4.79. The molecule has 0 radical (unpaired) electrons. The van der Waals surface area contributed by atoms with Crippen LogP contribution in [-0.4, -0.2) is 42.9 Å². The van der Waals surface area contributed by atoms with Crippen molar-refractivity contribution in [3.05, 3.63) is 34.4 Å². The summed E-state index contributed by atoms with van der Waals surface area (Å²) in [6.45, 7) is 3.96. The molecule has 8 heteroatoms. The summed E-state index contributed by atoms with van der Waals surface area (Å²) in [6.07, 6.45) is -0.233. The number of rotatable bonds is 3. The van der Waals surface area contributed by atoms with Crippen LogP contribution in [-0.2, 0) is 14.8 Å². The summed E-state index contributed by atoms with van der Waals surface area (Å²) in [5.74, 6) is 0. The zero-order valence-electron chi connectivity index (χ0n) is 11.2. The van der Waals surface area contributed by atoms with Crippen molar-refractivity contribution >= 4 is 15.7 Å². The summed E-state index contributed by atoms with van der Waals surface area (Å²) in [7, 11) is -3.91. The Balaban J connectivity index is 2.47. The molecule has 1 saturated heterocycles. The highest BCUT2D eigenvalue weighted by Gasteiger charge is 2.37. The van der Waals surface area contributed by atoms with Crippen molar-refractivity contribution in [3.8, 4) is 0 Å². The Labute approximate surface area is 117 Å². The number of ether oxygens (including phenoxy) is 1. The topological polar surface area (TPSA) is 89.8 Å². The van der Waals surface area contributed by atoms with E-state index in [1.165, 1.54) is 28.6 Å². The number of nitrogens with zero attached hydrogens (tertiary/aromatic N) is 2. The largest absolute Gasteiger partial charge is 0.375 e. The molecule has 0 spiro atoms. The van der Waals surface area contributed by atoms with E-state index < -0.39 is 20.6 Å². The highest BCUT2D eigenvalue weighted by molar-refractivity contribution is 7.89. The number of morpholine rings is 1. The third-order valence-electron chi connectivity index (χ3n) is 3.20. The van der Waals surface area contributed by atoms with Crippen LogP contribution in [0.4, 0.5) is 5.69 Å². The molecule has 1 aliphatic heterocycles. The molecular formula is C12H16N2O5S. The first-order valence-corrected chi connectivity index (χ1v) is 7.65. The van der Waals surface area contributed by atoms with Crippen LogP contribution in [0.25, 0.3) is 0 Å². The number of benzene rings is 1. The smallest absolute Gasteiger partial charge is 0.289 e. The first-order valence-electron chi connectivity index (χ1n) is 6.21. The van der Waals surface area contributed by atoms with E-state index in [1.54, 1.807) is 13.8 Å². The number of sulfonamides is 1. The molecular weight excluding hydrogens is 284 g/mol. The number of nitro groups is 1. The van der Waals surface area contributed by atoms with Gasteiger partial charge in [-0.25, -0.2) is 8.42 Å². The monoisotopic (exact) mass is 300 g/mol. The van der Waals surface area contributed by atoms with Gasteiger partial charge < -0.3 is 4.74 Å². The van der Waals surface area contributed by atoms with E-state index in [-0.39, 0.29) is 30.2 Å². The SMILES string of the molecule is C[C@@H]1CO[C@@H](C)CN1S(=O)(=O)c1ccccc1[N+](=O)[O-]. The van der Waals surface area contributed by atoms with Gasteiger partial charge in [-0.3, -0.25) is 10.1 Å². The van der Waals surface area contributed by atoms with E-state index in [1.807, 2.05) is 0 Å². The van der Waals surface area contributed by atoms with Crippen LogP contribution in [0.1, 0.15) is 13.8 Å². The van der Waals surface area contributed by atoms with Crippen LogP contribution in [0.15, 0.2) is 29.2 Å². The molecule has 1 aromatic carbocycles. The van der Waals surface area contributed by atoms with Gasteiger partial charge in [0.25, 0.3) is 5.69 Å². The van der Waals surface area contributed by atoms with Crippen LogP contribution < -0.4 is 0 Å². The first-order chi connectivity index (χ1) is 9.34. The van der Waals surface area contributed by atoms with Gasteiger partial charge in [-0.15, -0.1) is 0 Å². The fraction of sp³-hybridized carbons (Fsp3) is 0.500. The average molecular weight is 300 g/mol. The van der Waals surface area contributed by atoms with Crippen LogP contribution in [0.5, 0.6) is 0 Å². The Bertz CT molecular complexity index is 616. The van der Waals surface area contributed by atoms with E-state index in [2.05, 4.69) is 0 Å². The Morgan fingerprint density at radius 1 is 1.35 bits per heavy atom. The van der Waals surface area contributed by atoms with Gasteiger partial charge in [0.15, 0.2) is 4.90 Å². The molecule has 7 nitrogen and oxygen atoms in total. The van der Waals surface area contributed by atoms with Crippen LogP contribution in [0, 0.1) is 10.1 Å². The van der Waals surface area contributed by atoms with E-state index in [0.29, 0.717) is 0 Å². The molecule has 0 unspecified atom stereocenters. The molecule has 2 rings (SSSR count). The van der Waals surface area contributed by atoms with Gasteiger partial charge in [0.2, 0.25) is 10.0 Å². The van der Waals surface area contributed by atoms with E-state index in [4.69, 9.17) is 4.74 Å². The summed E-state index contributed by atoms with van der Waals surface area (Å²) in [5.41, 5.74) is -0.404. The van der Waals surface area contributed by atoms with Crippen LogP contribution >= 0.6 is 0 Å².